The van der Waals surface area contributed by atoms with Gasteiger partial charge in [-0.15, -0.1) is 0 Å². The molecule has 0 saturated heterocycles. The predicted octanol–water partition coefficient (Wildman–Crippen LogP) is 4.33. The largest absolute Gasteiger partial charge is 0.289 e. The van der Waals surface area contributed by atoms with Crippen molar-refractivity contribution in [2.45, 2.75) is 25.7 Å². The molecule has 2 nitrogen and oxygen atoms in total. The second-order valence-electron chi connectivity index (χ2n) is 6.23. The van der Waals surface area contributed by atoms with Gasteiger partial charge in [0.15, 0.2) is 5.78 Å². The molecule has 22 heavy (non-hydrogen) atoms. The average molecular weight is 285 g/mol. The zero-order valence-electron chi connectivity index (χ0n) is 12.2. The van der Waals surface area contributed by atoms with Crippen molar-refractivity contribution in [3.05, 3.63) is 64.8 Å². The first-order valence-corrected chi connectivity index (χ1v) is 7.92. The summed E-state index contributed by atoms with van der Waals surface area (Å²) in [6.07, 6.45) is 6.56. The molecular formula is C20H15NO. The Bertz CT molecular complexity index is 955. The summed E-state index contributed by atoms with van der Waals surface area (Å²) in [5.74, 6) is 0.148. The summed E-state index contributed by atoms with van der Waals surface area (Å²) in [6, 6.07) is 12.1. The third-order valence-corrected chi connectivity index (χ3v) is 5.05. The quantitative estimate of drug-likeness (QED) is 0.481. The normalized spacial score (nSPS) is 15.5. The van der Waals surface area contributed by atoms with Gasteiger partial charge in [-0.3, -0.25) is 9.78 Å². The van der Waals surface area contributed by atoms with E-state index in [0.717, 1.165) is 40.6 Å². The molecule has 2 aromatic carbocycles. The number of benzene rings is 2. The van der Waals surface area contributed by atoms with E-state index in [1.807, 2.05) is 30.5 Å². The van der Waals surface area contributed by atoms with Gasteiger partial charge in [-0.1, -0.05) is 24.3 Å². The van der Waals surface area contributed by atoms with Crippen molar-refractivity contribution in [1.29, 1.82) is 0 Å². The van der Waals surface area contributed by atoms with Gasteiger partial charge in [-0.2, -0.15) is 0 Å². The van der Waals surface area contributed by atoms with Crippen LogP contribution in [-0.2, 0) is 12.8 Å². The molecule has 2 heteroatoms. The summed E-state index contributed by atoms with van der Waals surface area (Å²) >= 11 is 0. The van der Waals surface area contributed by atoms with E-state index in [2.05, 4.69) is 17.1 Å². The third-order valence-electron chi connectivity index (χ3n) is 5.05. The van der Waals surface area contributed by atoms with Crippen LogP contribution in [0.2, 0.25) is 0 Å². The Morgan fingerprint density at radius 1 is 0.909 bits per heavy atom. The summed E-state index contributed by atoms with van der Waals surface area (Å²) in [4.78, 5) is 17.6. The topological polar surface area (TPSA) is 30.0 Å². The highest BCUT2D eigenvalue weighted by Crippen LogP contribution is 2.41. The highest BCUT2D eigenvalue weighted by molar-refractivity contribution is 6.25. The van der Waals surface area contributed by atoms with E-state index in [0.29, 0.717) is 0 Å². The lowest BCUT2D eigenvalue weighted by Gasteiger charge is -2.24. The predicted molar refractivity (Wildman–Crippen MR) is 87.3 cm³/mol. The van der Waals surface area contributed by atoms with Crippen LogP contribution in [0.25, 0.3) is 22.0 Å². The van der Waals surface area contributed by atoms with E-state index in [4.69, 9.17) is 0 Å². The van der Waals surface area contributed by atoms with Gasteiger partial charge in [0.1, 0.15) is 0 Å². The summed E-state index contributed by atoms with van der Waals surface area (Å²) in [5, 5.41) is 2.30. The van der Waals surface area contributed by atoms with Crippen molar-refractivity contribution in [2.75, 3.05) is 0 Å². The van der Waals surface area contributed by atoms with Crippen LogP contribution < -0.4 is 0 Å². The van der Waals surface area contributed by atoms with Gasteiger partial charge in [0, 0.05) is 28.3 Å². The van der Waals surface area contributed by atoms with Crippen molar-refractivity contribution >= 4 is 16.6 Å². The van der Waals surface area contributed by atoms with Crippen molar-refractivity contribution in [1.82, 2.24) is 4.98 Å². The van der Waals surface area contributed by atoms with Gasteiger partial charge in [0.2, 0.25) is 0 Å². The van der Waals surface area contributed by atoms with Crippen LogP contribution >= 0.6 is 0 Å². The van der Waals surface area contributed by atoms with Crippen LogP contribution in [0.15, 0.2) is 42.6 Å². The summed E-state index contributed by atoms with van der Waals surface area (Å²) in [5.41, 5.74) is 6.36. The van der Waals surface area contributed by atoms with Gasteiger partial charge >= 0.3 is 0 Å². The number of hydrogen-bond acceptors (Lipinski definition) is 2. The Morgan fingerprint density at radius 2 is 1.73 bits per heavy atom. The number of nitrogens with zero attached hydrogens (tertiary/aromatic N) is 1. The van der Waals surface area contributed by atoms with Gasteiger partial charge < -0.3 is 0 Å². The van der Waals surface area contributed by atoms with Gasteiger partial charge in [0.25, 0.3) is 0 Å². The minimum Gasteiger partial charge on any atom is -0.289 e. The van der Waals surface area contributed by atoms with Crippen molar-refractivity contribution in [3.8, 4) is 11.3 Å². The molecule has 2 aliphatic rings. The minimum atomic E-state index is 0.148. The van der Waals surface area contributed by atoms with E-state index in [1.165, 1.54) is 29.4 Å². The Balaban J connectivity index is 1.98. The third kappa shape index (κ3) is 1.45. The van der Waals surface area contributed by atoms with Gasteiger partial charge in [0.05, 0.1) is 5.69 Å². The number of aryl methyl sites for hydroxylation is 2. The molecule has 0 atom stereocenters. The van der Waals surface area contributed by atoms with Crippen LogP contribution in [0.5, 0.6) is 0 Å². The molecule has 2 aliphatic carbocycles. The maximum atomic E-state index is 13.0. The SMILES string of the molecule is O=C1c2ccccc2-c2nccc3c4c(cc1c23)CCCC4. The molecule has 3 aromatic rings. The fourth-order valence-corrected chi connectivity index (χ4v) is 4.04. The lowest BCUT2D eigenvalue weighted by Crippen LogP contribution is -2.14. The van der Waals surface area contributed by atoms with Crippen molar-refractivity contribution in [3.63, 3.8) is 0 Å². The lowest BCUT2D eigenvalue weighted by molar-refractivity contribution is 0.104. The highest BCUT2D eigenvalue weighted by atomic mass is 16.1. The number of aromatic nitrogens is 1. The maximum Gasteiger partial charge on any atom is 0.194 e. The van der Waals surface area contributed by atoms with Crippen LogP contribution in [-0.4, -0.2) is 10.8 Å². The highest BCUT2D eigenvalue weighted by Gasteiger charge is 2.28. The summed E-state index contributed by atoms with van der Waals surface area (Å²) in [7, 11) is 0. The number of hydrogen-bond donors (Lipinski definition) is 0. The van der Waals surface area contributed by atoms with Crippen molar-refractivity contribution in [2.24, 2.45) is 0 Å². The Hall–Kier alpha value is -2.48. The molecule has 0 spiro atoms. The first-order valence-electron chi connectivity index (χ1n) is 7.92. The number of pyridine rings is 1. The standard InChI is InChI=1S/C20H15NO/c22-20-16-8-4-3-7-15(16)19-18-14(9-10-21-19)13-6-2-1-5-12(13)11-17(18)20/h3-4,7-11H,1-2,5-6H2. The Labute approximate surface area is 128 Å². The number of ketones is 1. The number of rotatable bonds is 0. The molecule has 0 fully saturated rings. The molecular weight excluding hydrogens is 270 g/mol. The van der Waals surface area contributed by atoms with Crippen molar-refractivity contribution < 1.29 is 4.79 Å². The molecule has 1 aromatic heterocycles. The molecule has 5 rings (SSSR count). The fraction of sp³-hybridized carbons (Fsp3) is 0.200. The summed E-state index contributed by atoms with van der Waals surface area (Å²) in [6.45, 7) is 0. The van der Waals surface area contributed by atoms with Gasteiger partial charge in [-0.05, 0) is 54.3 Å². The van der Waals surface area contributed by atoms with Gasteiger partial charge in [-0.25, -0.2) is 0 Å². The Kier molecular flexibility index (Phi) is 2.34. The zero-order chi connectivity index (χ0) is 14.7. The molecule has 0 amide bonds. The van der Waals surface area contributed by atoms with Crippen LogP contribution in [0.3, 0.4) is 0 Å². The smallest absolute Gasteiger partial charge is 0.194 e. The lowest BCUT2D eigenvalue weighted by atomic mass is 9.80. The molecule has 0 bridgehead atoms. The molecule has 0 aliphatic heterocycles. The Morgan fingerprint density at radius 3 is 2.64 bits per heavy atom. The average Bonchev–Trinajstić information content (AvgIpc) is 2.59. The van der Waals surface area contributed by atoms with E-state index >= 15 is 0 Å². The zero-order valence-corrected chi connectivity index (χ0v) is 12.2. The molecule has 106 valence electrons. The first-order chi connectivity index (χ1) is 10.8. The number of carbonyl (C=O) groups excluding carboxylic acids is 1. The first kappa shape index (κ1) is 12.1. The fourth-order valence-electron chi connectivity index (χ4n) is 4.04. The molecule has 0 radical (unpaired) electrons. The van der Waals surface area contributed by atoms with Crippen LogP contribution in [0, 0.1) is 0 Å². The monoisotopic (exact) mass is 285 g/mol. The molecule has 0 saturated carbocycles. The van der Waals surface area contributed by atoms with Crippen LogP contribution in [0.4, 0.5) is 0 Å². The van der Waals surface area contributed by atoms with Crippen LogP contribution in [0.1, 0.15) is 39.9 Å². The van der Waals surface area contributed by atoms with E-state index in [-0.39, 0.29) is 5.78 Å². The number of fused-ring (bicyclic) bond motifs is 4. The van der Waals surface area contributed by atoms with E-state index < -0.39 is 0 Å². The number of carbonyl (C=O) groups is 1. The second-order valence-corrected chi connectivity index (χ2v) is 6.23. The maximum absolute atomic E-state index is 13.0. The van der Waals surface area contributed by atoms with E-state index in [9.17, 15) is 4.79 Å². The second kappa shape index (κ2) is 4.26. The summed E-state index contributed by atoms with van der Waals surface area (Å²) < 4.78 is 0. The molecule has 1 heterocycles. The molecule has 0 N–H and O–H groups in total. The minimum absolute atomic E-state index is 0.148. The molecule has 0 unspecified atom stereocenters. The van der Waals surface area contributed by atoms with E-state index in [1.54, 1.807) is 0 Å².